The molecular formula is C27H32N2O4. The van der Waals surface area contributed by atoms with Gasteiger partial charge in [-0.05, 0) is 61.8 Å². The highest BCUT2D eigenvalue weighted by Gasteiger charge is 2.66. The molecule has 6 unspecified atom stereocenters. The molecule has 2 aromatic carbocycles. The van der Waals surface area contributed by atoms with Crippen molar-refractivity contribution >= 4 is 11.4 Å². The van der Waals surface area contributed by atoms with Crippen LogP contribution in [0.15, 0.2) is 60.7 Å². The predicted octanol–water partition coefficient (Wildman–Crippen LogP) is 5.43. The lowest BCUT2D eigenvalue weighted by Gasteiger charge is -2.44. The molecule has 0 aromatic heterocycles. The second-order valence-corrected chi connectivity index (χ2v) is 10.2. The molecule has 4 aliphatic rings. The molecule has 6 nitrogen and oxygen atoms in total. The Morgan fingerprint density at radius 2 is 1.33 bits per heavy atom. The van der Waals surface area contributed by atoms with Crippen molar-refractivity contribution < 1.29 is 14.4 Å². The van der Waals surface area contributed by atoms with E-state index in [1.54, 1.807) is 0 Å². The van der Waals surface area contributed by atoms with Gasteiger partial charge in [0, 0.05) is 47.0 Å². The maximum Gasteiger partial charge on any atom is 0.213 e. The molecule has 0 radical (unpaired) electrons. The van der Waals surface area contributed by atoms with E-state index >= 15 is 0 Å². The van der Waals surface area contributed by atoms with Gasteiger partial charge in [0.05, 0.1) is 13.2 Å². The predicted molar refractivity (Wildman–Crippen MR) is 126 cm³/mol. The van der Waals surface area contributed by atoms with Gasteiger partial charge in [-0.3, -0.25) is 10.1 Å². The van der Waals surface area contributed by atoms with E-state index in [0.29, 0.717) is 43.9 Å². The number of anilines is 2. The van der Waals surface area contributed by atoms with Gasteiger partial charge in [0.2, 0.25) is 6.04 Å². The third-order valence-corrected chi connectivity index (χ3v) is 8.81. The maximum atomic E-state index is 11.6. The number of nitrogens with zero attached hydrogens (tertiary/aromatic N) is 2. The summed E-state index contributed by atoms with van der Waals surface area (Å²) in [4.78, 5) is 14.0. The van der Waals surface area contributed by atoms with Crippen LogP contribution in [0.1, 0.15) is 38.5 Å². The van der Waals surface area contributed by atoms with Gasteiger partial charge in [-0.15, -0.1) is 0 Å². The molecule has 1 heterocycles. The SMILES string of the molecule is O=[N+]([O-])C1CCC2C3CCC(N(c4ccccc4)c4ccccc4)CC3C3(OCCO3)C2C1. The Hall–Kier alpha value is -2.44. The fraction of sp³-hybridized carbons (Fsp3) is 0.556. The minimum Gasteiger partial charge on any atom is -0.347 e. The summed E-state index contributed by atoms with van der Waals surface area (Å²) in [5, 5.41) is 11.6. The van der Waals surface area contributed by atoms with Crippen molar-refractivity contribution in [2.24, 2.45) is 23.7 Å². The standard InChI is InChI=1S/C27H32N2O4/c30-29(31)22-12-14-24-23-13-11-21(17-25(23)27(26(24)18-22)32-15-16-33-27)28(19-7-3-1-4-8-19)20-9-5-2-6-10-20/h1-10,21-26H,11-18H2. The molecule has 0 bridgehead atoms. The van der Waals surface area contributed by atoms with Gasteiger partial charge in [0.15, 0.2) is 5.79 Å². The van der Waals surface area contributed by atoms with E-state index < -0.39 is 11.8 Å². The van der Waals surface area contributed by atoms with Gasteiger partial charge in [0.1, 0.15) is 0 Å². The number of ether oxygens (including phenoxy) is 2. The summed E-state index contributed by atoms with van der Waals surface area (Å²) in [6.45, 7) is 1.20. The average Bonchev–Trinajstić information content (AvgIpc) is 3.45. The number of benzene rings is 2. The second kappa shape index (κ2) is 8.41. The molecule has 6 heteroatoms. The maximum absolute atomic E-state index is 11.6. The quantitative estimate of drug-likeness (QED) is 0.461. The van der Waals surface area contributed by atoms with Crippen LogP contribution in [0.25, 0.3) is 0 Å². The van der Waals surface area contributed by atoms with Crippen molar-refractivity contribution in [1.29, 1.82) is 0 Å². The normalized spacial score (nSPS) is 34.5. The molecule has 6 atom stereocenters. The zero-order chi connectivity index (χ0) is 22.4. The molecule has 3 saturated carbocycles. The molecule has 2 aromatic rings. The zero-order valence-corrected chi connectivity index (χ0v) is 18.9. The summed E-state index contributed by atoms with van der Waals surface area (Å²) < 4.78 is 12.9. The third kappa shape index (κ3) is 3.46. The van der Waals surface area contributed by atoms with Crippen LogP contribution in [0.2, 0.25) is 0 Å². The lowest BCUT2D eigenvalue weighted by atomic mass is 9.71. The van der Waals surface area contributed by atoms with E-state index in [1.807, 2.05) is 0 Å². The van der Waals surface area contributed by atoms with E-state index in [9.17, 15) is 10.1 Å². The van der Waals surface area contributed by atoms with Crippen LogP contribution < -0.4 is 4.90 Å². The average molecular weight is 449 g/mol. The van der Waals surface area contributed by atoms with Crippen LogP contribution >= 0.6 is 0 Å². The summed E-state index contributed by atoms with van der Waals surface area (Å²) >= 11 is 0. The molecule has 6 rings (SSSR count). The highest BCUT2D eigenvalue weighted by atomic mass is 16.7. The Bertz CT molecular complexity index is 939. The van der Waals surface area contributed by atoms with Crippen molar-refractivity contribution in [3.05, 3.63) is 70.8 Å². The number of para-hydroxylation sites is 2. The van der Waals surface area contributed by atoms with E-state index in [1.165, 1.54) is 11.4 Å². The lowest BCUT2D eigenvalue weighted by molar-refractivity contribution is -0.530. The summed E-state index contributed by atoms with van der Waals surface area (Å²) in [7, 11) is 0. The number of hydrogen-bond donors (Lipinski definition) is 0. The minimum atomic E-state index is -0.637. The van der Waals surface area contributed by atoms with Gasteiger partial charge in [-0.1, -0.05) is 36.4 Å². The van der Waals surface area contributed by atoms with Gasteiger partial charge in [-0.2, -0.15) is 0 Å². The molecule has 4 fully saturated rings. The Morgan fingerprint density at radius 1 is 0.788 bits per heavy atom. The summed E-state index contributed by atoms with van der Waals surface area (Å²) in [5.41, 5.74) is 2.41. The molecule has 174 valence electrons. The Morgan fingerprint density at radius 3 is 1.91 bits per heavy atom. The van der Waals surface area contributed by atoms with Gasteiger partial charge < -0.3 is 14.4 Å². The van der Waals surface area contributed by atoms with Crippen molar-refractivity contribution in [2.75, 3.05) is 18.1 Å². The first-order valence-corrected chi connectivity index (χ1v) is 12.5. The molecule has 1 aliphatic heterocycles. The van der Waals surface area contributed by atoms with Crippen LogP contribution in [-0.2, 0) is 9.47 Å². The van der Waals surface area contributed by atoms with Crippen LogP contribution in [0.5, 0.6) is 0 Å². The molecule has 33 heavy (non-hydrogen) atoms. The first-order valence-electron chi connectivity index (χ1n) is 12.5. The second-order valence-electron chi connectivity index (χ2n) is 10.2. The van der Waals surface area contributed by atoms with Crippen molar-refractivity contribution in [1.82, 2.24) is 0 Å². The fourth-order valence-corrected chi connectivity index (χ4v) is 7.61. The van der Waals surface area contributed by atoms with E-state index in [-0.39, 0.29) is 16.8 Å². The Balaban J connectivity index is 1.34. The first kappa shape index (κ1) is 21.1. The van der Waals surface area contributed by atoms with Crippen LogP contribution in [0.4, 0.5) is 11.4 Å². The van der Waals surface area contributed by atoms with Crippen LogP contribution in [0, 0.1) is 33.8 Å². The number of hydrogen-bond acceptors (Lipinski definition) is 5. The molecular weight excluding hydrogens is 416 g/mol. The smallest absolute Gasteiger partial charge is 0.213 e. The topological polar surface area (TPSA) is 64.8 Å². The monoisotopic (exact) mass is 448 g/mol. The van der Waals surface area contributed by atoms with E-state index in [0.717, 1.165) is 25.7 Å². The highest BCUT2D eigenvalue weighted by Crippen LogP contribution is 2.62. The zero-order valence-electron chi connectivity index (χ0n) is 18.9. The van der Waals surface area contributed by atoms with Crippen LogP contribution in [0.3, 0.4) is 0 Å². The number of rotatable bonds is 4. The molecule has 0 amide bonds. The molecule has 1 saturated heterocycles. The van der Waals surface area contributed by atoms with Gasteiger partial charge in [-0.25, -0.2) is 0 Å². The van der Waals surface area contributed by atoms with E-state index in [2.05, 4.69) is 65.6 Å². The Labute approximate surface area is 195 Å². The largest absolute Gasteiger partial charge is 0.347 e. The van der Waals surface area contributed by atoms with Gasteiger partial charge >= 0.3 is 0 Å². The summed E-state index contributed by atoms with van der Waals surface area (Å²) in [6.07, 6.45) is 5.45. The third-order valence-electron chi connectivity index (χ3n) is 8.81. The molecule has 0 N–H and O–H groups in total. The Kier molecular flexibility index (Phi) is 5.38. The van der Waals surface area contributed by atoms with Crippen molar-refractivity contribution in [2.45, 2.75) is 56.4 Å². The van der Waals surface area contributed by atoms with Crippen molar-refractivity contribution in [3.63, 3.8) is 0 Å². The van der Waals surface area contributed by atoms with Crippen molar-refractivity contribution in [3.8, 4) is 0 Å². The first-order chi connectivity index (χ1) is 16.2. The fourth-order valence-electron chi connectivity index (χ4n) is 7.61. The van der Waals surface area contributed by atoms with E-state index in [4.69, 9.17) is 9.47 Å². The minimum absolute atomic E-state index is 0.0732. The number of fused-ring (bicyclic) bond motifs is 5. The van der Waals surface area contributed by atoms with Gasteiger partial charge in [0.25, 0.3) is 0 Å². The molecule has 3 aliphatic carbocycles. The highest BCUT2D eigenvalue weighted by molar-refractivity contribution is 5.64. The molecule has 1 spiro atoms. The number of nitro groups is 1. The lowest BCUT2D eigenvalue weighted by Crippen LogP contribution is -2.48. The summed E-state index contributed by atoms with van der Waals surface area (Å²) in [6, 6.07) is 21.2. The summed E-state index contributed by atoms with van der Waals surface area (Å²) in [5.74, 6) is 0.799. The van der Waals surface area contributed by atoms with Crippen LogP contribution in [-0.4, -0.2) is 36.0 Å².